The first-order valence-electron chi connectivity index (χ1n) is 9.46. The molecule has 1 heterocycles. The fourth-order valence-corrected chi connectivity index (χ4v) is 2.90. The Hall–Kier alpha value is -3.62. The Kier molecular flexibility index (Phi) is 6.74. The highest BCUT2D eigenvalue weighted by Crippen LogP contribution is 2.29. The quantitative estimate of drug-likeness (QED) is 0.604. The monoisotopic (exact) mass is 431 g/mol. The van der Waals surface area contributed by atoms with Crippen LogP contribution in [0.5, 0.6) is 5.75 Å². The number of benzene rings is 2. The second-order valence-electron chi connectivity index (χ2n) is 6.74. The van der Waals surface area contributed by atoms with Crippen LogP contribution in [0.1, 0.15) is 18.4 Å². The molecule has 3 aromatic rings. The van der Waals surface area contributed by atoms with Crippen LogP contribution in [0, 0.1) is 0 Å². The number of methoxy groups -OCH3 is 1. The number of aryl methyl sites for hydroxylation is 1. The van der Waals surface area contributed by atoms with Crippen molar-refractivity contribution in [2.75, 3.05) is 12.4 Å². The van der Waals surface area contributed by atoms with Crippen LogP contribution in [0.2, 0.25) is 0 Å². The molecule has 0 aliphatic rings. The van der Waals surface area contributed by atoms with Crippen molar-refractivity contribution in [3.63, 3.8) is 0 Å². The molecule has 1 N–H and O–H groups in total. The summed E-state index contributed by atoms with van der Waals surface area (Å²) in [6.45, 7) is 0.219. The van der Waals surface area contributed by atoms with Crippen LogP contribution in [0.15, 0.2) is 65.5 Å². The van der Waals surface area contributed by atoms with E-state index >= 15 is 0 Å². The molecular weight excluding hydrogens is 411 g/mol. The Balaban J connectivity index is 1.58. The third-order valence-electron chi connectivity index (χ3n) is 4.50. The molecule has 0 aliphatic carbocycles. The molecule has 0 unspecified atom stereocenters. The molecule has 1 aromatic heterocycles. The van der Waals surface area contributed by atoms with Crippen LogP contribution in [-0.4, -0.2) is 22.8 Å². The van der Waals surface area contributed by atoms with Crippen LogP contribution in [0.25, 0.3) is 11.3 Å². The molecule has 0 fully saturated rings. The molecule has 0 atom stereocenters. The van der Waals surface area contributed by atoms with Crippen molar-refractivity contribution >= 4 is 11.6 Å². The van der Waals surface area contributed by atoms with E-state index in [1.165, 1.54) is 22.9 Å². The van der Waals surface area contributed by atoms with Gasteiger partial charge in [0.05, 0.1) is 18.4 Å². The van der Waals surface area contributed by atoms with Gasteiger partial charge in [0.1, 0.15) is 5.75 Å². The molecule has 2 aromatic carbocycles. The SMILES string of the molecule is COc1cccc(-c2ccc(=O)n(CCCC(=O)Nc3ccc(C(F)(F)F)cc3)n2)c1. The van der Waals surface area contributed by atoms with Gasteiger partial charge in [0.25, 0.3) is 5.56 Å². The first kappa shape index (κ1) is 22.1. The highest BCUT2D eigenvalue weighted by atomic mass is 19.4. The van der Waals surface area contributed by atoms with Crippen molar-refractivity contribution in [3.05, 3.63) is 76.6 Å². The number of hydrogen-bond acceptors (Lipinski definition) is 4. The topological polar surface area (TPSA) is 73.2 Å². The van der Waals surface area contributed by atoms with Gasteiger partial charge >= 0.3 is 6.18 Å². The number of alkyl halides is 3. The predicted molar refractivity (Wildman–Crippen MR) is 110 cm³/mol. The number of carbonyl (C=O) groups is 1. The molecule has 6 nitrogen and oxygen atoms in total. The highest BCUT2D eigenvalue weighted by molar-refractivity contribution is 5.90. The molecule has 0 spiro atoms. The number of halogens is 3. The van der Waals surface area contributed by atoms with Gasteiger partial charge in [0.15, 0.2) is 0 Å². The van der Waals surface area contributed by atoms with E-state index in [1.54, 1.807) is 25.3 Å². The Morgan fingerprint density at radius 2 is 1.84 bits per heavy atom. The minimum Gasteiger partial charge on any atom is -0.497 e. The average Bonchev–Trinajstić information content (AvgIpc) is 2.75. The maximum absolute atomic E-state index is 12.6. The van der Waals surface area contributed by atoms with Gasteiger partial charge in [0, 0.05) is 30.3 Å². The summed E-state index contributed by atoms with van der Waals surface area (Å²) in [4.78, 5) is 24.2. The molecule has 0 bridgehead atoms. The minimum atomic E-state index is -4.43. The first-order valence-corrected chi connectivity index (χ1v) is 9.46. The zero-order chi connectivity index (χ0) is 22.4. The number of nitrogens with zero attached hydrogens (tertiary/aromatic N) is 2. The van der Waals surface area contributed by atoms with Gasteiger partial charge in [-0.2, -0.15) is 18.3 Å². The summed E-state index contributed by atoms with van der Waals surface area (Å²) in [5.74, 6) is 0.300. The smallest absolute Gasteiger partial charge is 0.416 e. The van der Waals surface area contributed by atoms with E-state index in [9.17, 15) is 22.8 Å². The third-order valence-corrected chi connectivity index (χ3v) is 4.50. The maximum Gasteiger partial charge on any atom is 0.416 e. The second-order valence-corrected chi connectivity index (χ2v) is 6.74. The Morgan fingerprint density at radius 3 is 2.52 bits per heavy atom. The van der Waals surface area contributed by atoms with Gasteiger partial charge in [-0.3, -0.25) is 9.59 Å². The fraction of sp³-hybridized carbons (Fsp3) is 0.227. The van der Waals surface area contributed by atoms with Crippen LogP contribution < -0.4 is 15.6 Å². The van der Waals surface area contributed by atoms with Crippen molar-refractivity contribution in [1.82, 2.24) is 9.78 Å². The lowest BCUT2D eigenvalue weighted by Gasteiger charge is -2.10. The Bertz CT molecular complexity index is 1110. The number of rotatable bonds is 7. The fourth-order valence-electron chi connectivity index (χ4n) is 2.90. The predicted octanol–water partition coefficient (Wildman–Crippen LogP) is 4.36. The molecule has 1 amide bonds. The number of amides is 1. The van der Waals surface area contributed by atoms with Gasteiger partial charge in [0.2, 0.25) is 5.91 Å². The summed E-state index contributed by atoms with van der Waals surface area (Å²) in [6.07, 6.45) is -4.01. The van der Waals surface area contributed by atoms with E-state index in [0.717, 1.165) is 17.7 Å². The van der Waals surface area contributed by atoms with Crippen molar-refractivity contribution in [1.29, 1.82) is 0 Å². The van der Waals surface area contributed by atoms with Gasteiger partial charge in [-0.25, -0.2) is 4.68 Å². The van der Waals surface area contributed by atoms with Gasteiger partial charge in [-0.15, -0.1) is 0 Å². The number of anilines is 1. The molecular formula is C22H20F3N3O3. The summed E-state index contributed by atoms with van der Waals surface area (Å²) in [7, 11) is 1.56. The van der Waals surface area contributed by atoms with Crippen molar-refractivity contribution < 1.29 is 22.7 Å². The zero-order valence-electron chi connectivity index (χ0n) is 16.6. The molecule has 31 heavy (non-hydrogen) atoms. The van der Waals surface area contributed by atoms with E-state index < -0.39 is 11.7 Å². The van der Waals surface area contributed by atoms with E-state index in [1.807, 2.05) is 12.1 Å². The molecule has 0 radical (unpaired) electrons. The van der Waals surface area contributed by atoms with Crippen LogP contribution in [0.4, 0.5) is 18.9 Å². The molecule has 3 rings (SSSR count). The summed E-state index contributed by atoms with van der Waals surface area (Å²) in [6, 6.07) is 14.5. The maximum atomic E-state index is 12.6. The lowest BCUT2D eigenvalue weighted by Crippen LogP contribution is -2.23. The van der Waals surface area contributed by atoms with Crippen LogP contribution in [-0.2, 0) is 17.5 Å². The van der Waals surface area contributed by atoms with E-state index in [0.29, 0.717) is 17.9 Å². The lowest BCUT2D eigenvalue weighted by molar-refractivity contribution is -0.137. The summed E-state index contributed by atoms with van der Waals surface area (Å²) in [5.41, 5.74) is 0.566. The standard InChI is InChI=1S/C22H20F3N3O3/c1-31-18-5-2-4-15(14-18)19-11-12-21(30)28(27-19)13-3-6-20(29)26-17-9-7-16(8-10-17)22(23,24)25/h2,4-5,7-12,14H,3,6,13H2,1H3,(H,26,29). The first-order chi connectivity index (χ1) is 14.8. The van der Waals surface area contributed by atoms with Crippen molar-refractivity contribution in [3.8, 4) is 17.0 Å². The number of aromatic nitrogens is 2. The number of carbonyl (C=O) groups excluding carboxylic acids is 1. The average molecular weight is 431 g/mol. The van der Waals surface area contributed by atoms with Gasteiger partial charge in [-0.05, 0) is 48.9 Å². The Labute approximate surface area is 176 Å². The summed E-state index contributed by atoms with van der Waals surface area (Å²) < 4.78 is 44.2. The minimum absolute atomic E-state index is 0.0819. The van der Waals surface area contributed by atoms with Crippen molar-refractivity contribution in [2.45, 2.75) is 25.6 Å². The molecule has 0 saturated carbocycles. The zero-order valence-corrected chi connectivity index (χ0v) is 16.6. The molecule has 0 aliphatic heterocycles. The number of nitrogens with one attached hydrogen (secondary N) is 1. The summed E-state index contributed by atoms with van der Waals surface area (Å²) in [5, 5.41) is 6.89. The van der Waals surface area contributed by atoms with Crippen LogP contribution in [0.3, 0.4) is 0 Å². The van der Waals surface area contributed by atoms with E-state index in [4.69, 9.17) is 4.74 Å². The van der Waals surface area contributed by atoms with Crippen LogP contribution >= 0.6 is 0 Å². The highest BCUT2D eigenvalue weighted by Gasteiger charge is 2.29. The normalized spacial score (nSPS) is 11.2. The molecule has 0 saturated heterocycles. The second kappa shape index (κ2) is 9.46. The van der Waals surface area contributed by atoms with Gasteiger partial charge in [-0.1, -0.05) is 12.1 Å². The van der Waals surface area contributed by atoms with E-state index in [2.05, 4.69) is 10.4 Å². The Morgan fingerprint density at radius 1 is 1.10 bits per heavy atom. The summed E-state index contributed by atoms with van der Waals surface area (Å²) >= 11 is 0. The number of ether oxygens (including phenoxy) is 1. The third kappa shape index (κ3) is 5.94. The largest absolute Gasteiger partial charge is 0.497 e. The number of hydrogen-bond donors (Lipinski definition) is 1. The molecule has 9 heteroatoms. The van der Waals surface area contributed by atoms with E-state index in [-0.39, 0.29) is 30.1 Å². The molecule has 162 valence electrons. The van der Waals surface area contributed by atoms with Crippen molar-refractivity contribution in [2.24, 2.45) is 0 Å². The lowest BCUT2D eigenvalue weighted by atomic mass is 10.1. The van der Waals surface area contributed by atoms with Gasteiger partial charge < -0.3 is 10.1 Å².